The topological polar surface area (TPSA) is 74.2 Å². The molecule has 6 nitrogen and oxygen atoms in total. The van der Waals surface area contributed by atoms with Crippen molar-refractivity contribution in [1.29, 1.82) is 0 Å². The number of benzene rings is 4. The second-order valence-corrected chi connectivity index (χ2v) is 19.6. The van der Waals surface area contributed by atoms with Gasteiger partial charge < -0.3 is 0 Å². The van der Waals surface area contributed by atoms with Gasteiger partial charge in [-0.05, 0) is 149 Å². The molecule has 4 aromatic rings. The molecule has 6 heteroatoms. The summed E-state index contributed by atoms with van der Waals surface area (Å²) in [6.45, 7) is 33.4. The van der Waals surface area contributed by atoms with Gasteiger partial charge in [0.1, 0.15) is 0 Å². The molecule has 0 saturated carbocycles. The Morgan fingerprint density at radius 1 is 0.368 bits per heavy atom. The monoisotopic (exact) mass is 763 g/mol. The van der Waals surface area contributed by atoms with Crippen LogP contribution in [0, 0.1) is 0 Å². The van der Waals surface area contributed by atoms with Crippen LogP contribution in [-0.4, -0.2) is 37.3 Å². The standard InChI is InChI=1S/C51H66N6/c1-16-36-17-40(23-44(22-36)48(4,5)6)32-55-52-29-37-18-38(30-53-56-33-41-21-43(35(2)3)27-45(24-41)49(7,8)9)20-39(19-37)31-54-57-34-42-25-46(50(10,11)12)28-47(26-42)51(13,14)15/h17-35H,16H2,1-15H3/b52-29+,53-30+,54-31+,55-32+,56-33+,57-34+. The van der Waals surface area contributed by atoms with Gasteiger partial charge in [-0.3, -0.25) is 0 Å². The van der Waals surface area contributed by atoms with E-state index in [0.29, 0.717) is 5.92 Å². The number of aryl methyl sites for hydroxylation is 1. The third-order valence-electron chi connectivity index (χ3n) is 9.93. The van der Waals surface area contributed by atoms with Crippen molar-refractivity contribution in [2.75, 3.05) is 0 Å². The highest BCUT2D eigenvalue weighted by atomic mass is 15.2. The number of rotatable bonds is 11. The van der Waals surface area contributed by atoms with Gasteiger partial charge in [0.15, 0.2) is 0 Å². The molecule has 0 atom stereocenters. The minimum atomic E-state index is 0.0174. The SMILES string of the molecule is CCc1cc(/C=N/N=C/c2cc(/C=N/N=C/c3cc(C(C)C)cc(C(C)(C)C)c3)cc(/C=N/N=C/c3cc(C(C)(C)C)cc(C(C)(C)C)c3)c2)cc(C(C)(C)C)c1. The Bertz CT molecular complexity index is 2150. The second-order valence-electron chi connectivity index (χ2n) is 19.6. The predicted octanol–water partition coefficient (Wildman–Crippen LogP) is 12.9. The molecule has 0 aliphatic heterocycles. The molecular weight excluding hydrogens is 697 g/mol. The first-order valence-corrected chi connectivity index (χ1v) is 20.3. The number of nitrogens with zero attached hydrogens (tertiary/aromatic N) is 6. The van der Waals surface area contributed by atoms with Gasteiger partial charge in [-0.2, -0.15) is 30.6 Å². The Kier molecular flexibility index (Phi) is 14.4. The summed E-state index contributed by atoms with van der Waals surface area (Å²) < 4.78 is 0. The molecule has 0 heterocycles. The van der Waals surface area contributed by atoms with E-state index in [4.69, 9.17) is 0 Å². The van der Waals surface area contributed by atoms with Crippen LogP contribution < -0.4 is 0 Å². The van der Waals surface area contributed by atoms with Crippen LogP contribution in [-0.2, 0) is 28.1 Å². The molecule has 4 rings (SSSR count). The summed E-state index contributed by atoms with van der Waals surface area (Å²) in [5, 5.41) is 26.7. The first-order valence-electron chi connectivity index (χ1n) is 20.3. The fourth-order valence-corrected chi connectivity index (χ4v) is 6.07. The van der Waals surface area contributed by atoms with E-state index in [1.807, 2.05) is 36.8 Å². The molecule has 0 saturated heterocycles. The molecule has 0 spiro atoms. The van der Waals surface area contributed by atoms with Gasteiger partial charge in [-0.15, -0.1) is 0 Å². The fourth-order valence-electron chi connectivity index (χ4n) is 6.07. The summed E-state index contributed by atoms with van der Waals surface area (Å²) in [5.74, 6) is 0.415. The van der Waals surface area contributed by atoms with Crippen molar-refractivity contribution in [3.8, 4) is 0 Å². The minimum Gasteiger partial charge on any atom is -0.159 e. The predicted molar refractivity (Wildman–Crippen MR) is 250 cm³/mol. The zero-order valence-corrected chi connectivity index (χ0v) is 37.4. The van der Waals surface area contributed by atoms with Crippen LogP contribution >= 0.6 is 0 Å². The maximum absolute atomic E-state index is 4.47. The van der Waals surface area contributed by atoms with Crippen LogP contribution in [0.5, 0.6) is 0 Å². The van der Waals surface area contributed by atoms with E-state index in [2.05, 4.69) is 189 Å². The molecule has 0 N–H and O–H groups in total. The first-order chi connectivity index (χ1) is 26.5. The molecule has 300 valence electrons. The third kappa shape index (κ3) is 13.8. The quantitative estimate of drug-likeness (QED) is 0.108. The van der Waals surface area contributed by atoms with E-state index in [1.165, 1.54) is 33.4 Å². The molecule has 57 heavy (non-hydrogen) atoms. The van der Waals surface area contributed by atoms with Crippen molar-refractivity contribution >= 4 is 37.3 Å². The van der Waals surface area contributed by atoms with Gasteiger partial charge >= 0.3 is 0 Å². The Morgan fingerprint density at radius 3 is 0.965 bits per heavy atom. The van der Waals surface area contributed by atoms with Crippen LogP contribution in [0.2, 0.25) is 0 Å². The molecule has 0 amide bonds. The maximum atomic E-state index is 4.47. The van der Waals surface area contributed by atoms with Crippen molar-refractivity contribution in [2.45, 2.75) is 138 Å². The van der Waals surface area contributed by atoms with E-state index < -0.39 is 0 Å². The van der Waals surface area contributed by atoms with Gasteiger partial charge in [0, 0.05) is 0 Å². The largest absolute Gasteiger partial charge is 0.159 e. The van der Waals surface area contributed by atoms with Crippen LogP contribution in [0.3, 0.4) is 0 Å². The Hall–Kier alpha value is -5.10. The van der Waals surface area contributed by atoms with Crippen LogP contribution in [0.15, 0.2) is 103 Å². The molecule has 0 radical (unpaired) electrons. The number of hydrogen-bond acceptors (Lipinski definition) is 6. The average molecular weight is 763 g/mol. The van der Waals surface area contributed by atoms with E-state index in [0.717, 1.165) is 39.8 Å². The average Bonchev–Trinajstić information content (AvgIpc) is 3.12. The smallest absolute Gasteiger partial charge is 0.0568 e. The van der Waals surface area contributed by atoms with Crippen molar-refractivity contribution < 1.29 is 0 Å². The van der Waals surface area contributed by atoms with Crippen LogP contribution in [0.1, 0.15) is 177 Å². The van der Waals surface area contributed by atoms with Crippen molar-refractivity contribution in [2.24, 2.45) is 30.6 Å². The minimum absolute atomic E-state index is 0.0174. The van der Waals surface area contributed by atoms with Crippen LogP contribution in [0.25, 0.3) is 0 Å². The first kappa shape index (κ1) is 44.6. The van der Waals surface area contributed by atoms with Crippen molar-refractivity contribution in [1.82, 2.24) is 0 Å². The maximum Gasteiger partial charge on any atom is 0.0568 e. The Balaban J connectivity index is 1.66. The highest BCUT2D eigenvalue weighted by Gasteiger charge is 2.20. The van der Waals surface area contributed by atoms with E-state index in [9.17, 15) is 0 Å². The lowest BCUT2D eigenvalue weighted by molar-refractivity contribution is 0.568. The molecule has 0 unspecified atom stereocenters. The summed E-state index contributed by atoms with van der Waals surface area (Å²) in [7, 11) is 0. The zero-order valence-electron chi connectivity index (χ0n) is 37.4. The van der Waals surface area contributed by atoms with E-state index in [1.54, 1.807) is 18.6 Å². The van der Waals surface area contributed by atoms with Gasteiger partial charge in [-0.25, -0.2) is 0 Å². The molecule has 0 bridgehead atoms. The normalized spacial score (nSPS) is 13.7. The zero-order chi connectivity index (χ0) is 42.2. The molecular formula is C51H66N6. The molecule has 0 fully saturated rings. The van der Waals surface area contributed by atoms with Gasteiger partial charge in [0.2, 0.25) is 0 Å². The van der Waals surface area contributed by atoms with E-state index in [-0.39, 0.29) is 21.7 Å². The van der Waals surface area contributed by atoms with Gasteiger partial charge in [0.05, 0.1) is 37.3 Å². The van der Waals surface area contributed by atoms with Gasteiger partial charge in [0.25, 0.3) is 0 Å². The Labute approximate surface area is 344 Å². The lowest BCUT2D eigenvalue weighted by Crippen LogP contribution is -2.17. The summed E-state index contributed by atoms with van der Waals surface area (Å²) >= 11 is 0. The summed E-state index contributed by atoms with van der Waals surface area (Å²) in [4.78, 5) is 0. The summed E-state index contributed by atoms with van der Waals surface area (Å²) in [6.07, 6.45) is 11.7. The molecule has 0 aromatic heterocycles. The lowest BCUT2D eigenvalue weighted by atomic mass is 9.80. The Morgan fingerprint density at radius 2 is 0.649 bits per heavy atom. The summed E-state index contributed by atoms with van der Waals surface area (Å²) in [5.41, 5.74) is 13.5. The van der Waals surface area contributed by atoms with Crippen molar-refractivity contribution in [3.05, 3.63) is 140 Å². The molecule has 0 aliphatic rings. The van der Waals surface area contributed by atoms with Crippen LogP contribution in [0.4, 0.5) is 0 Å². The van der Waals surface area contributed by atoms with E-state index >= 15 is 0 Å². The lowest BCUT2D eigenvalue weighted by Gasteiger charge is -2.25. The van der Waals surface area contributed by atoms with Crippen molar-refractivity contribution in [3.63, 3.8) is 0 Å². The highest BCUT2D eigenvalue weighted by molar-refractivity contribution is 5.92. The van der Waals surface area contributed by atoms with Gasteiger partial charge in [-0.1, -0.05) is 128 Å². The molecule has 0 aliphatic carbocycles. The number of hydrogen-bond donors (Lipinski definition) is 0. The third-order valence-corrected chi connectivity index (χ3v) is 9.93. The second kappa shape index (κ2) is 18.4. The highest BCUT2D eigenvalue weighted by Crippen LogP contribution is 2.31. The summed E-state index contributed by atoms with van der Waals surface area (Å²) in [6, 6.07) is 26.1. The fraction of sp³-hybridized carbons (Fsp3) is 0.412. The molecule has 4 aromatic carbocycles.